The van der Waals surface area contributed by atoms with Gasteiger partial charge in [0.05, 0.1) is 6.04 Å². The molecular formula is C17H31N3S. The summed E-state index contributed by atoms with van der Waals surface area (Å²) in [5.74, 6) is 1.42. The number of rotatable bonds is 5. The van der Waals surface area contributed by atoms with Crippen LogP contribution in [-0.2, 0) is 0 Å². The van der Waals surface area contributed by atoms with Crippen LogP contribution in [0, 0.1) is 18.8 Å². The molecule has 21 heavy (non-hydrogen) atoms. The average molecular weight is 310 g/mol. The van der Waals surface area contributed by atoms with Crippen molar-refractivity contribution < 1.29 is 0 Å². The smallest absolute Gasteiger partial charge is 0.110 e. The van der Waals surface area contributed by atoms with Crippen molar-refractivity contribution in [2.45, 2.75) is 66.1 Å². The summed E-state index contributed by atoms with van der Waals surface area (Å²) in [5, 5.41) is 7.20. The van der Waals surface area contributed by atoms with Gasteiger partial charge in [0, 0.05) is 36.2 Å². The van der Waals surface area contributed by atoms with Crippen molar-refractivity contribution in [3.63, 3.8) is 0 Å². The van der Waals surface area contributed by atoms with E-state index in [0.29, 0.717) is 24.0 Å². The van der Waals surface area contributed by atoms with Crippen LogP contribution in [0.1, 0.15) is 57.8 Å². The first kappa shape index (κ1) is 16.9. The molecule has 1 aromatic heterocycles. The first-order valence-corrected chi connectivity index (χ1v) is 9.17. The Morgan fingerprint density at radius 3 is 2.57 bits per heavy atom. The maximum atomic E-state index is 4.72. The number of piperazine rings is 1. The number of nitrogens with zero attached hydrogens (tertiary/aromatic N) is 2. The van der Waals surface area contributed by atoms with Gasteiger partial charge in [-0.15, -0.1) is 11.3 Å². The van der Waals surface area contributed by atoms with E-state index >= 15 is 0 Å². The molecule has 0 bridgehead atoms. The first-order valence-electron chi connectivity index (χ1n) is 8.29. The van der Waals surface area contributed by atoms with Gasteiger partial charge in [0.2, 0.25) is 0 Å². The zero-order valence-electron chi connectivity index (χ0n) is 14.4. The predicted molar refractivity (Wildman–Crippen MR) is 91.8 cm³/mol. The second-order valence-corrected chi connectivity index (χ2v) is 8.14. The Bertz CT molecular complexity index is 441. The quantitative estimate of drug-likeness (QED) is 0.895. The molecule has 0 aromatic carbocycles. The molecule has 0 saturated carbocycles. The van der Waals surface area contributed by atoms with Gasteiger partial charge in [-0.1, -0.05) is 27.7 Å². The molecule has 1 aliphatic rings. The highest BCUT2D eigenvalue weighted by atomic mass is 32.1. The van der Waals surface area contributed by atoms with Gasteiger partial charge in [-0.2, -0.15) is 0 Å². The Labute approximate surface area is 134 Å². The monoisotopic (exact) mass is 309 g/mol. The van der Waals surface area contributed by atoms with Crippen molar-refractivity contribution in [2.24, 2.45) is 11.8 Å². The molecule has 2 heterocycles. The van der Waals surface area contributed by atoms with Crippen LogP contribution >= 0.6 is 11.3 Å². The van der Waals surface area contributed by atoms with E-state index in [1.54, 1.807) is 11.3 Å². The highest BCUT2D eigenvalue weighted by molar-refractivity contribution is 7.09. The molecule has 3 atom stereocenters. The zero-order chi connectivity index (χ0) is 15.6. The highest BCUT2D eigenvalue weighted by Crippen LogP contribution is 2.30. The van der Waals surface area contributed by atoms with E-state index in [-0.39, 0.29) is 0 Å². The molecule has 4 heteroatoms. The zero-order valence-corrected chi connectivity index (χ0v) is 15.2. The summed E-state index contributed by atoms with van der Waals surface area (Å²) in [6.07, 6.45) is 1.25. The van der Waals surface area contributed by atoms with Crippen LogP contribution in [0.4, 0.5) is 0 Å². The number of hydrogen-bond donors (Lipinski definition) is 1. The van der Waals surface area contributed by atoms with Crippen LogP contribution < -0.4 is 5.32 Å². The van der Waals surface area contributed by atoms with Gasteiger partial charge in [0.1, 0.15) is 5.01 Å². The number of hydrogen-bond acceptors (Lipinski definition) is 4. The van der Waals surface area contributed by atoms with Crippen molar-refractivity contribution in [2.75, 3.05) is 13.1 Å². The van der Waals surface area contributed by atoms with Gasteiger partial charge >= 0.3 is 0 Å². The normalized spacial score (nSPS) is 25.7. The van der Waals surface area contributed by atoms with Crippen LogP contribution in [0.3, 0.4) is 0 Å². The molecule has 120 valence electrons. The van der Waals surface area contributed by atoms with Crippen molar-refractivity contribution in [1.82, 2.24) is 15.2 Å². The van der Waals surface area contributed by atoms with Gasteiger partial charge < -0.3 is 5.32 Å². The Hall–Kier alpha value is -0.450. The minimum atomic E-state index is 0.424. The molecule has 1 saturated heterocycles. The Balaban J connectivity index is 2.13. The van der Waals surface area contributed by atoms with Crippen LogP contribution in [-0.4, -0.2) is 35.1 Å². The van der Waals surface area contributed by atoms with E-state index in [1.165, 1.54) is 11.4 Å². The van der Waals surface area contributed by atoms with E-state index in [1.807, 2.05) is 0 Å². The minimum Gasteiger partial charge on any atom is -0.311 e. The van der Waals surface area contributed by atoms with Crippen LogP contribution in [0.15, 0.2) is 5.38 Å². The third-order valence-electron chi connectivity index (χ3n) is 4.49. The van der Waals surface area contributed by atoms with Gasteiger partial charge in [-0.3, -0.25) is 4.90 Å². The summed E-state index contributed by atoms with van der Waals surface area (Å²) in [6.45, 7) is 16.0. The molecule has 1 fully saturated rings. The van der Waals surface area contributed by atoms with E-state index in [2.05, 4.69) is 57.1 Å². The number of aryl methyl sites for hydroxylation is 1. The predicted octanol–water partition coefficient (Wildman–Crippen LogP) is 3.86. The molecule has 0 amide bonds. The molecule has 2 rings (SSSR count). The van der Waals surface area contributed by atoms with Crippen molar-refractivity contribution in [1.29, 1.82) is 0 Å². The van der Waals surface area contributed by atoms with E-state index in [0.717, 1.165) is 24.7 Å². The Morgan fingerprint density at radius 2 is 2.05 bits per heavy atom. The second kappa shape index (κ2) is 7.21. The van der Waals surface area contributed by atoms with Crippen LogP contribution in [0.25, 0.3) is 0 Å². The SMILES string of the molecule is Cc1csc(C(C)N2CC(CC(C)C)NCC2C(C)C)n1. The fourth-order valence-corrected chi connectivity index (χ4v) is 4.23. The van der Waals surface area contributed by atoms with Gasteiger partial charge in [0.15, 0.2) is 0 Å². The average Bonchev–Trinajstić information content (AvgIpc) is 2.83. The topological polar surface area (TPSA) is 28.2 Å². The number of thiazole rings is 1. The summed E-state index contributed by atoms with van der Waals surface area (Å²) in [4.78, 5) is 7.41. The lowest BCUT2D eigenvalue weighted by Gasteiger charge is -2.45. The maximum Gasteiger partial charge on any atom is 0.110 e. The number of nitrogens with one attached hydrogen (secondary N) is 1. The molecule has 3 unspecified atom stereocenters. The van der Waals surface area contributed by atoms with Crippen molar-refractivity contribution >= 4 is 11.3 Å². The van der Waals surface area contributed by atoms with Gasteiger partial charge in [-0.25, -0.2) is 4.98 Å². The van der Waals surface area contributed by atoms with E-state index in [9.17, 15) is 0 Å². The fraction of sp³-hybridized carbons (Fsp3) is 0.824. The van der Waals surface area contributed by atoms with Crippen molar-refractivity contribution in [3.05, 3.63) is 16.1 Å². The summed E-state index contributed by atoms with van der Waals surface area (Å²) in [7, 11) is 0. The molecule has 1 aromatic rings. The van der Waals surface area contributed by atoms with Crippen LogP contribution in [0.5, 0.6) is 0 Å². The lowest BCUT2D eigenvalue weighted by molar-refractivity contribution is 0.0570. The summed E-state index contributed by atoms with van der Waals surface area (Å²) in [6, 6.07) is 1.64. The maximum absolute atomic E-state index is 4.72. The molecule has 0 spiro atoms. The second-order valence-electron chi connectivity index (χ2n) is 7.25. The van der Waals surface area contributed by atoms with Gasteiger partial charge in [0.25, 0.3) is 0 Å². The lowest BCUT2D eigenvalue weighted by atomic mass is 9.93. The standard InChI is InChI=1S/C17H31N3S/c1-11(2)7-15-9-20(16(8-18-15)12(3)4)14(6)17-19-13(5)10-21-17/h10-12,14-16,18H,7-9H2,1-6H3. The number of aromatic nitrogens is 1. The third kappa shape index (κ3) is 4.27. The Kier molecular flexibility index (Phi) is 5.81. The summed E-state index contributed by atoms with van der Waals surface area (Å²) >= 11 is 1.81. The highest BCUT2D eigenvalue weighted by Gasteiger charge is 2.34. The Morgan fingerprint density at radius 1 is 1.33 bits per heavy atom. The first-order chi connectivity index (χ1) is 9.88. The van der Waals surface area contributed by atoms with Crippen LogP contribution in [0.2, 0.25) is 0 Å². The molecule has 3 nitrogen and oxygen atoms in total. The van der Waals surface area contributed by atoms with Gasteiger partial charge in [-0.05, 0) is 32.1 Å². The van der Waals surface area contributed by atoms with E-state index < -0.39 is 0 Å². The molecule has 1 N–H and O–H groups in total. The molecule has 0 aliphatic carbocycles. The molecule has 0 radical (unpaired) electrons. The molecular weight excluding hydrogens is 278 g/mol. The summed E-state index contributed by atoms with van der Waals surface area (Å²) < 4.78 is 0. The summed E-state index contributed by atoms with van der Waals surface area (Å²) in [5.41, 5.74) is 1.15. The lowest BCUT2D eigenvalue weighted by Crippen LogP contribution is -2.58. The minimum absolute atomic E-state index is 0.424. The fourth-order valence-electron chi connectivity index (χ4n) is 3.36. The third-order valence-corrected chi connectivity index (χ3v) is 5.62. The largest absolute Gasteiger partial charge is 0.311 e. The van der Waals surface area contributed by atoms with Crippen molar-refractivity contribution in [3.8, 4) is 0 Å². The molecule has 1 aliphatic heterocycles. The van der Waals surface area contributed by atoms with E-state index in [4.69, 9.17) is 4.98 Å².